The Bertz CT molecular complexity index is 688. The summed E-state index contributed by atoms with van der Waals surface area (Å²) in [4.78, 5) is 40.3. The zero-order chi connectivity index (χ0) is 21.5. The lowest BCUT2D eigenvalue weighted by Crippen LogP contribution is -2.58. The zero-order valence-corrected chi connectivity index (χ0v) is 17.6. The Labute approximate surface area is 166 Å². The number of ether oxygens (including phenoxy) is 2. The molecule has 0 aliphatic heterocycles. The Hall–Kier alpha value is -2.31. The van der Waals surface area contributed by atoms with Gasteiger partial charge in [0.15, 0.2) is 6.29 Å². The van der Waals surface area contributed by atoms with E-state index in [0.717, 1.165) is 15.9 Å². The first-order chi connectivity index (χ1) is 12.8. The van der Waals surface area contributed by atoms with Crippen LogP contribution in [0.2, 0.25) is 0 Å². The molecule has 0 radical (unpaired) electrons. The van der Waals surface area contributed by atoms with E-state index >= 15 is 0 Å². The molecular weight excluding hydrogens is 392 g/mol. The molecule has 1 heterocycles. The van der Waals surface area contributed by atoms with E-state index < -0.39 is 29.7 Å². The minimum Gasteiger partial charge on any atom is -0.494 e. The molecule has 0 unspecified atom stereocenters. The van der Waals surface area contributed by atoms with Crippen LogP contribution in [0.4, 0.5) is 9.59 Å². The van der Waals surface area contributed by atoms with Crippen molar-refractivity contribution in [3.63, 3.8) is 0 Å². The minimum atomic E-state index is -1.17. The van der Waals surface area contributed by atoms with Gasteiger partial charge in [-0.2, -0.15) is 5.48 Å². The van der Waals surface area contributed by atoms with E-state index in [9.17, 15) is 19.5 Å². The molecule has 1 aromatic heterocycles. The van der Waals surface area contributed by atoms with Crippen LogP contribution in [0.15, 0.2) is 10.2 Å². The summed E-state index contributed by atoms with van der Waals surface area (Å²) in [5.74, 6) is -0.172. The van der Waals surface area contributed by atoms with E-state index in [-0.39, 0.29) is 23.9 Å². The minimum absolute atomic E-state index is 0.0350. The highest BCUT2D eigenvalue weighted by Crippen LogP contribution is 2.09. The largest absolute Gasteiger partial charge is 0.494 e. The molecule has 0 aliphatic carbocycles. The average molecular weight is 420 g/mol. The van der Waals surface area contributed by atoms with Crippen LogP contribution in [0.25, 0.3) is 0 Å². The van der Waals surface area contributed by atoms with E-state index in [2.05, 4.69) is 16.1 Å². The van der Waals surface area contributed by atoms with Gasteiger partial charge in [0.25, 0.3) is 0 Å². The van der Waals surface area contributed by atoms with Crippen molar-refractivity contribution in [3.8, 4) is 5.88 Å². The van der Waals surface area contributed by atoms with Crippen LogP contribution in [-0.4, -0.2) is 46.0 Å². The van der Waals surface area contributed by atoms with Crippen LogP contribution in [0.3, 0.4) is 0 Å². The van der Waals surface area contributed by atoms with Crippen LogP contribution in [0.5, 0.6) is 5.88 Å². The molecule has 0 saturated carbocycles. The van der Waals surface area contributed by atoms with Crippen LogP contribution in [-0.2, 0) is 20.9 Å². The number of nitrogens with zero attached hydrogens (tertiary/aromatic N) is 1. The van der Waals surface area contributed by atoms with E-state index in [0.29, 0.717) is 0 Å². The number of rotatable bonds is 7. The van der Waals surface area contributed by atoms with Gasteiger partial charge in [0.05, 0.1) is 18.5 Å². The smallest absolute Gasteiger partial charge is 0.410 e. The molecule has 1 aromatic rings. The number of carbonyl (C=O) groups is 2. The molecule has 2 amide bonds. The average Bonchev–Trinajstić information content (AvgIpc) is 2.78. The standard InChI is InChI=1S/C16H28N4O7S/c1-15(2,3)26-12(22)17-11(18-13(23)27-16(4,5)6)19-25-8-7-20-10(21)9-28-14(20)24/h9,11,19,21H,7-8H2,1-6H3,(H,17,22)(H,18,23). The normalized spacial score (nSPS) is 12.0. The molecule has 12 heteroatoms. The Balaban J connectivity index is 2.62. The number of carbonyl (C=O) groups excluding carboxylic acids is 2. The number of nitrogens with one attached hydrogen (secondary N) is 3. The number of aromatic hydroxyl groups is 1. The van der Waals surface area contributed by atoms with Crippen molar-refractivity contribution in [1.29, 1.82) is 0 Å². The van der Waals surface area contributed by atoms with Crippen molar-refractivity contribution in [3.05, 3.63) is 15.0 Å². The first-order valence-electron chi connectivity index (χ1n) is 8.50. The monoisotopic (exact) mass is 420 g/mol. The van der Waals surface area contributed by atoms with Gasteiger partial charge in [-0.15, -0.1) is 0 Å². The van der Waals surface area contributed by atoms with Gasteiger partial charge in [-0.3, -0.25) is 24.8 Å². The lowest BCUT2D eigenvalue weighted by Gasteiger charge is -2.26. The molecule has 11 nitrogen and oxygen atoms in total. The van der Waals surface area contributed by atoms with Crippen molar-refractivity contribution in [1.82, 2.24) is 20.7 Å². The van der Waals surface area contributed by atoms with Gasteiger partial charge in [0, 0.05) is 0 Å². The fourth-order valence-electron chi connectivity index (χ4n) is 1.75. The number of hydroxylamine groups is 1. The van der Waals surface area contributed by atoms with Crippen LogP contribution < -0.4 is 21.0 Å². The van der Waals surface area contributed by atoms with Gasteiger partial charge >= 0.3 is 17.1 Å². The molecule has 0 aromatic carbocycles. The summed E-state index contributed by atoms with van der Waals surface area (Å²) in [6.07, 6.45) is -2.76. The number of hydrogen-bond donors (Lipinski definition) is 4. The Morgan fingerprint density at radius 1 is 1.11 bits per heavy atom. The van der Waals surface area contributed by atoms with E-state index in [1.54, 1.807) is 41.5 Å². The molecule has 4 N–H and O–H groups in total. The first kappa shape index (κ1) is 23.7. The van der Waals surface area contributed by atoms with Crippen LogP contribution in [0, 0.1) is 0 Å². The van der Waals surface area contributed by atoms with Gasteiger partial charge in [0.2, 0.25) is 5.88 Å². The second-order valence-electron chi connectivity index (χ2n) is 7.70. The Morgan fingerprint density at radius 3 is 2.00 bits per heavy atom. The Morgan fingerprint density at radius 2 is 1.61 bits per heavy atom. The SMILES string of the molecule is CC(C)(C)OC(=O)NC(NOCCn1c(O)csc1=O)NC(=O)OC(C)(C)C. The maximum Gasteiger partial charge on any atom is 0.410 e. The summed E-state index contributed by atoms with van der Waals surface area (Å²) < 4.78 is 11.4. The number of hydrogen-bond acceptors (Lipinski definition) is 9. The number of amides is 2. The number of alkyl carbamates (subject to hydrolysis) is 2. The molecule has 28 heavy (non-hydrogen) atoms. The lowest BCUT2D eigenvalue weighted by molar-refractivity contribution is -0.0170. The maximum atomic E-state index is 11.9. The molecule has 0 spiro atoms. The van der Waals surface area contributed by atoms with Crippen molar-refractivity contribution in [2.24, 2.45) is 0 Å². The van der Waals surface area contributed by atoms with E-state index in [4.69, 9.17) is 14.3 Å². The molecule has 0 atom stereocenters. The van der Waals surface area contributed by atoms with E-state index in [1.807, 2.05) is 0 Å². The van der Waals surface area contributed by atoms with Gasteiger partial charge < -0.3 is 14.6 Å². The molecule has 0 bridgehead atoms. The summed E-state index contributed by atoms with van der Waals surface area (Å²) >= 11 is 0.857. The topological polar surface area (TPSA) is 140 Å². The summed E-state index contributed by atoms with van der Waals surface area (Å²) in [6.45, 7) is 10.2. The van der Waals surface area contributed by atoms with Crippen molar-refractivity contribution in [2.45, 2.75) is 65.6 Å². The number of thiazole rings is 1. The van der Waals surface area contributed by atoms with Crippen molar-refractivity contribution in [2.75, 3.05) is 6.61 Å². The summed E-state index contributed by atoms with van der Waals surface area (Å²) in [5, 5.41) is 15.6. The second kappa shape index (κ2) is 9.75. The highest BCUT2D eigenvalue weighted by Gasteiger charge is 2.23. The van der Waals surface area contributed by atoms with Gasteiger partial charge in [-0.05, 0) is 41.5 Å². The lowest BCUT2D eigenvalue weighted by atomic mass is 10.2. The zero-order valence-electron chi connectivity index (χ0n) is 16.8. The third-order valence-electron chi connectivity index (χ3n) is 2.70. The Kier molecular flexibility index (Phi) is 8.27. The predicted octanol–water partition coefficient (Wildman–Crippen LogP) is 1.47. The molecular formula is C16H28N4O7S. The van der Waals surface area contributed by atoms with Gasteiger partial charge in [-0.1, -0.05) is 11.3 Å². The fourth-order valence-corrected chi connectivity index (χ4v) is 2.40. The summed E-state index contributed by atoms with van der Waals surface area (Å²) in [5.41, 5.74) is 0.963. The second-order valence-corrected chi connectivity index (χ2v) is 8.52. The third kappa shape index (κ3) is 9.58. The molecule has 1 rings (SSSR count). The fraction of sp³-hybridized carbons (Fsp3) is 0.688. The van der Waals surface area contributed by atoms with Crippen LogP contribution >= 0.6 is 11.3 Å². The molecule has 160 valence electrons. The maximum absolute atomic E-state index is 11.9. The van der Waals surface area contributed by atoms with Crippen molar-refractivity contribution >= 4 is 23.5 Å². The number of aromatic nitrogens is 1. The van der Waals surface area contributed by atoms with E-state index in [1.165, 1.54) is 5.38 Å². The first-order valence-corrected chi connectivity index (χ1v) is 9.38. The van der Waals surface area contributed by atoms with Gasteiger partial charge in [0.1, 0.15) is 11.2 Å². The summed E-state index contributed by atoms with van der Waals surface area (Å²) in [7, 11) is 0. The summed E-state index contributed by atoms with van der Waals surface area (Å²) in [6, 6.07) is 0. The van der Waals surface area contributed by atoms with Crippen LogP contribution in [0.1, 0.15) is 41.5 Å². The predicted molar refractivity (Wildman–Crippen MR) is 102 cm³/mol. The van der Waals surface area contributed by atoms with Gasteiger partial charge in [-0.25, -0.2) is 9.59 Å². The van der Waals surface area contributed by atoms with Crippen molar-refractivity contribution < 1.29 is 29.0 Å². The molecule has 0 saturated heterocycles. The third-order valence-corrected chi connectivity index (χ3v) is 3.45. The quantitative estimate of drug-likeness (QED) is 0.295. The highest BCUT2D eigenvalue weighted by atomic mass is 32.1. The highest BCUT2D eigenvalue weighted by molar-refractivity contribution is 7.07. The molecule has 0 aliphatic rings. The molecule has 0 fully saturated rings.